The first-order valence-corrected chi connectivity index (χ1v) is 6.91. The lowest BCUT2D eigenvalue weighted by Gasteiger charge is -2.19. The summed E-state index contributed by atoms with van der Waals surface area (Å²) in [6, 6.07) is 5.93. The molecule has 17 heavy (non-hydrogen) atoms. The van der Waals surface area contributed by atoms with Crippen LogP contribution >= 0.6 is 47.8 Å². The maximum absolute atomic E-state index is 4.73. The minimum atomic E-state index is -0.292. The molecular formula is C10H15Br3NO3+. The fraction of sp³-hybridized carbons (Fsp3) is 0.400. The average molecular weight is 437 g/mol. The van der Waals surface area contributed by atoms with Crippen molar-refractivity contribution in [2.24, 2.45) is 0 Å². The fourth-order valence-corrected chi connectivity index (χ4v) is 1.96. The number of quaternary nitrogens is 1. The van der Waals surface area contributed by atoms with Crippen molar-refractivity contribution in [1.29, 1.82) is 0 Å². The predicted molar refractivity (Wildman–Crippen MR) is 76.8 cm³/mol. The topological polar surface area (TPSA) is 27.7 Å². The molecule has 0 atom stereocenters. The molecule has 0 saturated carbocycles. The summed E-state index contributed by atoms with van der Waals surface area (Å²) in [6.45, 7) is 0. The van der Waals surface area contributed by atoms with Gasteiger partial charge in [-0.05, 0) is 59.9 Å². The van der Waals surface area contributed by atoms with Crippen molar-refractivity contribution in [3.8, 4) is 0 Å². The highest BCUT2D eigenvalue weighted by molar-refractivity contribution is 9.14. The summed E-state index contributed by atoms with van der Waals surface area (Å²) in [5, 5.41) is 0. The number of hydroxylamine groups is 3. The normalized spacial score (nSPS) is 10.8. The van der Waals surface area contributed by atoms with Crippen molar-refractivity contribution in [2.45, 2.75) is 0 Å². The number of hydrogen-bond acceptors (Lipinski definition) is 3. The Kier molecular flexibility index (Phi) is 8.83. The van der Waals surface area contributed by atoms with Crippen LogP contribution < -0.4 is 0 Å². The fourth-order valence-electron chi connectivity index (χ4n) is 0.701. The Morgan fingerprint density at radius 3 is 1.41 bits per heavy atom. The van der Waals surface area contributed by atoms with Crippen LogP contribution in [0.4, 0.5) is 0 Å². The monoisotopic (exact) mass is 434 g/mol. The molecule has 0 aliphatic rings. The number of halogens is 3. The van der Waals surface area contributed by atoms with Gasteiger partial charge in [0.15, 0.2) is 7.05 Å². The van der Waals surface area contributed by atoms with Gasteiger partial charge < -0.3 is 0 Å². The zero-order chi connectivity index (χ0) is 13.5. The predicted octanol–water partition coefficient (Wildman–Crippen LogP) is 4.09. The van der Waals surface area contributed by atoms with Crippen LogP contribution in [0.1, 0.15) is 0 Å². The Morgan fingerprint density at radius 2 is 1.24 bits per heavy atom. The molecule has 0 aromatic heterocycles. The molecule has 0 heterocycles. The first kappa shape index (κ1) is 17.5. The number of rotatable bonds is 3. The number of hydrogen-bond donors (Lipinski definition) is 0. The molecule has 0 aliphatic carbocycles. The highest BCUT2D eigenvalue weighted by Crippen LogP contribution is 2.29. The SMILES string of the molecule is Brc1cccc(Br)c1Br.CO[N+](C)(OC)OC. The van der Waals surface area contributed by atoms with Gasteiger partial charge in [-0.1, -0.05) is 6.07 Å². The molecule has 0 fully saturated rings. The molecule has 4 nitrogen and oxygen atoms in total. The third-order valence-corrected chi connectivity index (χ3v) is 5.14. The minimum absolute atomic E-state index is 0.292. The lowest BCUT2D eigenvalue weighted by Crippen LogP contribution is -2.40. The van der Waals surface area contributed by atoms with E-state index in [0.717, 1.165) is 13.4 Å². The lowest BCUT2D eigenvalue weighted by molar-refractivity contribution is -1.35. The average Bonchev–Trinajstić information content (AvgIpc) is 2.35. The van der Waals surface area contributed by atoms with E-state index in [2.05, 4.69) is 47.8 Å². The van der Waals surface area contributed by atoms with Crippen LogP contribution in [0.15, 0.2) is 31.6 Å². The highest BCUT2D eigenvalue weighted by Gasteiger charge is 2.20. The Hall–Kier alpha value is 0.500. The summed E-state index contributed by atoms with van der Waals surface area (Å²) in [6.07, 6.45) is 0. The van der Waals surface area contributed by atoms with E-state index in [4.69, 9.17) is 14.5 Å². The maximum Gasteiger partial charge on any atom is 0.168 e. The molecule has 0 N–H and O–H groups in total. The molecule has 1 aromatic carbocycles. The van der Waals surface area contributed by atoms with E-state index in [9.17, 15) is 0 Å². The largest absolute Gasteiger partial charge is 0.168 e. The smallest absolute Gasteiger partial charge is 0.135 e. The van der Waals surface area contributed by atoms with Crippen molar-refractivity contribution >= 4 is 47.8 Å². The summed E-state index contributed by atoms with van der Waals surface area (Å²) < 4.78 is 3.19. The molecule has 0 aliphatic heterocycles. The van der Waals surface area contributed by atoms with Crippen LogP contribution in [0.2, 0.25) is 0 Å². The molecule has 0 bridgehead atoms. The first-order chi connectivity index (χ1) is 7.90. The third kappa shape index (κ3) is 6.28. The van der Waals surface area contributed by atoms with Gasteiger partial charge in [0, 0.05) is 13.4 Å². The standard InChI is InChI=1S/C6H3Br3.C4H12NO3/c7-4-2-1-3-5(8)6(4)9;1-5(6-2,7-3)8-4/h1-3H;1-4H3/q;+1. The quantitative estimate of drug-likeness (QED) is 0.406. The van der Waals surface area contributed by atoms with Gasteiger partial charge in [-0.2, -0.15) is 0 Å². The van der Waals surface area contributed by atoms with Crippen molar-refractivity contribution < 1.29 is 19.5 Å². The minimum Gasteiger partial charge on any atom is -0.135 e. The van der Waals surface area contributed by atoms with Gasteiger partial charge >= 0.3 is 0 Å². The zero-order valence-electron chi connectivity index (χ0n) is 10.0. The summed E-state index contributed by atoms with van der Waals surface area (Å²) in [5.41, 5.74) is 0. The van der Waals surface area contributed by atoms with Crippen LogP contribution in [0, 0.1) is 0 Å². The van der Waals surface area contributed by atoms with Gasteiger partial charge in [-0.3, -0.25) is 0 Å². The van der Waals surface area contributed by atoms with Gasteiger partial charge in [0.25, 0.3) is 0 Å². The Balaban J connectivity index is 0.000000304. The van der Waals surface area contributed by atoms with Crippen LogP contribution in [0.5, 0.6) is 0 Å². The number of benzene rings is 1. The van der Waals surface area contributed by atoms with Crippen LogP contribution in [-0.4, -0.2) is 33.4 Å². The Labute approximate surface area is 127 Å². The van der Waals surface area contributed by atoms with E-state index in [1.54, 1.807) is 7.05 Å². The van der Waals surface area contributed by atoms with E-state index in [-0.39, 0.29) is 4.97 Å². The van der Waals surface area contributed by atoms with Gasteiger partial charge in [-0.15, -0.1) is 14.5 Å². The number of nitrogens with zero attached hydrogens (tertiary/aromatic N) is 1. The highest BCUT2D eigenvalue weighted by atomic mass is 79.9. The second-order valence-electron chi connectivity index (χ2n) is 2.85. The molecule has 0 spiro atoms. The third-order valence-electron chi connectivity index (χ3n) is 1.90. The first-order valence-electron chi connectivity index (χ1n) is 4.53. The van der Waals surface area contributed by atoms with Gasteiger partial charge in [0.1, 0.15) is 21.3 Å². The molecule has 0 amide bonds. The molecule has 0 radical (unpaired) electrons. The Morgan fingerprint density at radius 1 is 0.882 bits per heavy atom. The summed E-state index contributed by atoms with van der Waals surface area (Å²) >= 11 is 10.1. The molecule has 1 aromatic rings. The molecule has 98 valence electrons. The molecule has 1 rings (SSSR count). The van der Waals surface area contributed by atoms with Gasteiger partial charge in [0.05, 0.1) is 4.97 Å². The van der Waals surface area contributed by atoms with Crippen LogP contribution in [0.3, 0.4) is 0 Å². The van der Waals surface area contributed by atoms with E-state index in [1.165, 1.54) is 21.3 Å². The molecule has 0 unspecified atom stereocenters. The molecule has 0 saturated heterocycles. The van der Waals surface area contributed by atoms with Crippen molar-refractivity contribution in [2.75, 3.05) is 28.4 Å². The molecular weight excluding hydrogens is 422 g/mol. The van der Waals surface area contributed by atoms with Crippen molar-refractivity contribution in [3.63, 3.8) is 0 Å². The Bertz CT molecular complexity index is 317. The van der Waals surface area contributed by atoms with Crippen molar-refractivity contribution in [3.05, 3.63) is 31.6 Å². The summed E-state index contributed by atoms with van der Waals surface area (Å²) in [5.74, 6) is 0. The van der Waals surface area contributed by atoms with E-state index >= 15 is 0 Å². The van der Waals surface area contributed by atoms with Gasteiger partial charge in [0.2, 0.25) is 0 Å². The van der Waals surface area contributed by atoms with E-state index in [1.807, 2.05) is 18.2 Å². The lowest BCUT2D eigenvalue weighted by atomic mass is 10.4. The van der Waals surface area contributed by atoms with Crippen LogP contribution in [0.25, 0.3) is 0 Å². The molecule has 7 heteroatoms. The zero-order valence-corrected chi connectivity index (χ0v) is 14.8. The van der Waals surface area contributed by atoms with Crippen LogP contribution in [-0.2, 0) is 14.5 Å². The second kappa shape index (κ2) is 8.58. The van der Waals surface area contributed by atoms with Gasteiger partial charge in [-0.25, -0.2) is 0 Å². The van der Waals surface area contributed by atoms with Crippen molar-refractivity contribution in [1.82, 2.24) is 0 Å². The van der Waals surface area contributed by atoms with E-state index < -0.39 is 0 Å². The maximum atomic E-state index is 4.73. The summed E-state index contributed by atoms with van der Waals surface area (Å²) in [7, 11) is 6.10. The second-order valence-corrected chi connectivity index (χ2v) is 5.36. The van der Waals surface area contributed by atoms with E-state index in [0.29, 0.717) is 0 Å². The summed E-state index contributed by atoms with van der Waals surface area (Å²) in [4.78, 5) is 13.9.